The second kappa shape index (κ2) is 7.57. The minimum atomic E-state index is -0.878. The van der Waals surface area contributed by atoms with Gasteiger partial charge in [0, 0.05) is 19.2 Å². The molecule has 0 aromatic carbocycles. The van der Waals surface area contributed by atoms with Gasteiger partial charge in [-0.25, -0.2) is 4.79 Å². The molecule has 112 valence electrons. The summed E-state index contributed by atoms with van der Waals surface area (Å²) >= 11 is 0. The first kappa shape index (κ1) is 16.1. The highest BCUT2D eigenvalue weighted by atomic mass is 16.4. The Morgan fingerprint density at radius 3 is 2.65 bits per heavy atom. The fourth-order valence-corrected chi connectivity index (χ4v) is 1.91. The quantitative estimate of drug-likeness (QED) is 0.803. The van der Waals surface area contributed by atoms with Crippen LogP contribution in [0.4, 0.5) is 4.79 Å². The van der Waals surface area contributed by atoms with E-state index in [1.165, 1.54) is 4.90 Å². The third-order valence-corrected chi connectivity index (χ3v) is 2.95. The summed E-state index contributed by atoms with van der Waals surface area (Å²) in [7, 11) is 1.65. The van der Waals surface area contributed by atoms with Gasteiger partial charge in [-0.3, -0.25) is 4.79 Å². The number of urea groups is 1. The highest BCUT2D eigenvalue weighted by molar-refractivity contribution is 5.75. The number of rotatable bonds is 7. The fourth-order valence-electron chi connectivity index (χ4n) is 1.91. The molecule has 0 radical (unpaired) electrons. The van der Waals surface area contributed by atoms with Crippen LogP contribution in [0.1, 0.15) is 25.8 Å². The summed E-state index contributed by atoms with van der Waals surface area (Å²) in [4.78, 5) is 24.5. The SMILES string of the molecule is CC(C)CC(CNC(=O)N(C)Cc1ccoc1)C(=O)O. The zero-order valence-corrected chi connectivity index (χ0v) is 12.1. The van der Waals surface area contributed by atoms with Gasteiger partial charge in [-0.05, 0) is 18.4 Å². The molecule has 6 nitrogen and oxygen atoms in total. The number of aliphatic carboxylic acids is 1. The molecule has 20 heavy (non-hydrogen) atoms. The molecule has 6 heteroatoms. The summed E-state index contributed by atoms with van der Waals surface area (Å²) in [5, 5.41) is 11.8. The van der Waals surface area contributed by atoms with Crippen LogP contribution in [-0.2, 0) is 11.3 Å². The summed E-state index contributed by atoms with van der Waals surface area (Å²) in [5.41, 5.74) is 0.889. The summed E-state index contributed by atoms with van der Waals surface area (Å²) < 4.78 is 4.93. The van der Waals surface area contributed by atoms with Crippen molar-refractivity contribution in [3.05, 3.63) is 24.2 Å². The van der Waals surface area contributed by atoms with Crippen molar-refractivity contribution >= 4 is 12.0 Å². The summed E-state index contributed by atoms with van der Waals surface area (Å²) in [6, 6.07) is 1.49. The molecule has 1 unspecified atom stereocenters. The van der Waals surface area contributed by atoms with Crippen molar-refractivity contribution in [2.75, 3.05) is 13.6 Å². The number of furan rings is 1. The van der Waals surface area contributed by atoms with Crippen LogP contribution in [0.2, 0.25) is 0 Å². The molecule has 1 rings (SSSR count). The highest BCUT2D eigenvalue weighted by Gasteiger charge is 2.20. The largest absolute Gasteiger partial charge is 0.481 e. The van der Waals surface area contributed by atoms with Gasteiger partial charge in [0.25, 0.3) is 0 Å². The number of carboxylic acids is 1. The van der Waals surface area contributed by atoms with Crippen LogP contribution < -0.4 is 5.32 Å². The Bertz CT molecular complexity index is 428. The van der Waals surface area contributed by atoms with E-state index >= 15 is 0 Å². The average molecular weight is 282 g/mol. The Morgan fingerprint density at radius 2 is 2.15 bits per heavy atom. The fraction of sp³-hybridized carbons (Fsp3) is 0.571. The second-order valence-corrected chi connectivity index (χ2v) is 5.34. The monoisotopic (exact) mass is 282 g/mol. The van der Waals surface area contributed by atoms with E-state index in [9.17, 15) is 9.59 Å². The third-order valence-electron chi connectivity index (χ3n) is 2.95. The Kier molecular flexibility index (Phi) is 6.09. The number of carbonyl (C=O) groups is 2. The third kappa shape index (κ3) is 5.34. The van der Waals surface area contributed by atoms with Crippen molar-refractivity contribution in [1.82, 2.24) is 10.2 Å². The van der Waals surface area contributed by atoms with Crippen molar-refractivity contribution in [3.63, 3.8) is 0 Å². The van der Waals surface area contributed by atoms with Gasteiger partial charge in [-0.1, -0.05) is 13.8 Å². The summed E-state index contributed by atoms with van der Waals surface area (Å²) in [6.45, 7) is 4.48. The van der Waals surface area contributed by atoms with Crippen LogP contribution in [0.25, 0.3) is 0 Å². The van der Waals surface area contributed by atoms with Crippen LogP contribution >= 0.6 is 0 Å². The molecule has 0 aliphatic rings. The van der Waals surface area contributed by atoms with Gasteiger partial charge in [-0.15, -0.1) is 0 Å². The Hall–Kier alpha value is -1.98. The van der Waals surface area contributed by atoms with Crippen LogP contribution in [0.5, 0.6) is 0 Å². The molecule has 0 fully saturated rings. The van der Waals surface area contributed by atoms with E-state index in [1.54, 1.807) is 25.6 Å². The first-order chi connectivity index (χ1) is 9.40. The molecule has 1 atom stereocenters. The maximum Gasteiger partial charge on any atom is 0.317 e. The minimum absolute atomic E-state index is 0.141. The number of carbonyl (C=O) groups excluding carboxylic acids is 1. The van der Waals surface area contributed by atoms with E-state index in [0.29, 0.717) is 13.0 Å². The number of carboxylic acid groups (broad SMARTS) is 1. The first-order valence-electron chi connectivity index (χ1n) is 6.63. The molecule has 2 amide bonds. The lowest BCUT2D eigenvalue weighted by Gasteiger charge is -2.20. The Balaban J connectivity index is 2.42. The van der Waals surface area contributed by atoms with Crippen molar-refractivity contribution < 1.29 is 19.1 Å². The zero-order valence-electron chi connectivity index (χ0n) is 12.1. The minimum Gasteiger partial charge on any atom is -0.481 e. The van der Waals surface area contributed by atoms with Gasteiger partial charge in [-0.2, -0.15) is 0 Å². The van der Waals surface area contributed by atoms with Gasteiger partial charge in [0.05, 0.1) is 25.0 Å². The van der Waals surface area contributed by atoms with Crippen LogP contribution in [0.15, 0.2) is 23.0 Å². The van der Waals surface area contributed by atoms with Crippen LogP contribution in [-0.4, -0.2) is 35.6 Å². The molecule has 1 aromatic rings. The van der Waals surface area contributed by atoms with Crippen molar-refractivity contribution in [2.45, 2.75) is 26.8 Å². The molecular weight excluding hydrogens is 260 g/mol. The predicted molar refractivity (Wildman–Crippen MR) is 74.2 cm³/mol. The van der Waals surface area contributed by atoms with E-state index in [2.05, 4.69) is 5.32 Å². The van der Waals surface area contributed by atoms with Gasteiger partial charge in [0.15, 0.2) is 0 Å². The van der Waals surface area contributed by atoms with Gasteiger partial charge in [0.1, 0.15) is 0 Å². The van der Waals surface area contributed by atoms with Crippen molar-refractivity contribution in [1.29, 1.82) is 0 Å². The van der Waals surface area contributed by atoms with E-state index in [1.807, 2.05) is 13.8 Å². The lowest BCUT2D eigenvalue weighted by molar-refractivity contribution is -0.142. The van der Waals surface area contributed by atoms with Crippen LogP contribution in [0.3, 0.4) is 0 Å². The van der Waals surface area contributed by atoms with E-state index in [4.69, 9.17) is 9.52 Å². The molecule has 0 spiro atoms. The number of nitrogens with one attached hydrogen (secondary N) is 1. The smallest absolute Gasteiger partial charge is 0.317 e. The average Bonchev–Trinajstić information content (AvgIpc) is 2.85. The predicted octanol–water partition coefficient (Wildman–Crippen LogP) is 2.17. The lowest BCUT2D eigenvalue weighted by atomic mass is 9.97. The van der Waals surface area contributed by atoms with E-state index in [0.717, 1.165) is 5.56 Å². The van der Waals surface area contributed by atoms with Crippen molar-refractivity contribution in [3.8, 4) is 0 Å². The number of amides is 2. The molecule has 1 heterocycles. The Morgan fingerprint density at radius 1 is 1.45 bits per heavy atom. The number of nitrogens with zero attached hydrogens (tertiary/aromatic N) is 1. The Labute approximate surface area is 118 Å². The number of hydrogen-bond donors (Lipinski definition) is 2. The molecule has 0 saturated heterocycles. The van der Waals surface area contributed by atoms with Gasteiger partial charge >= 0.3 is 12.0 Å². The normalized spacial score (nSPS) is 12.2. The summed E-state index contributed by atoms with van der Waals surface area (Å²) in [6.07, 6.45) is 3.66. The topological polar surface area (TPSA) is 82.8 Å². The molecule has 0 aliphatic heterocycles. The standard InChI is InChI=1S/C14H22N2O4/c1-10(2)6-12(13(17)18)7-15-14(19)16(3)8-11-4-5-20-9-11/h4-5,9-10,12H,6-8H2,1-3H3,(H,15,19)(H,17,18). The van der Waals surface area contributed by atoms with Gasteiger partial charge in [0.2, 0.25) is 0 Å². The van der Waals surface area contributed by atoms with Crippen molar-refractivity contribution in [2.24, 2.45) is 11.8 Å². The molecule has 0 bridgehead atoms. The maximum atomic E-state index is 11.9. The number of hydrogen-bond acceptors (Lipinski definition) is 3. The molecule has 1 aromatic heterocycles. The van der Waals surface area contributed by atoms with Gasteiger partial charge < -0.3 is 19.7 Å². The maximum absolute atomic E-state index is 11.9. The van der Waals surface area contributed by atoms with E-state index in [-0.39, 0.29) is 18.5 Å². The summed E-state index contributed by atoms with van der Waals surface area (Å²) in [5.74, 6) is -1.16. The first-order valence-corrected chi connectivity index (χ1v) is 6.63. The second-order valence-electron chi connectivity index (χ2n) is 5.34. The molecule has 0 saturated carbocycles. The molecule has 0 aliphatic carbocycles. The van der Waals surface area contributed by atoms with Crippen LogP contribution in [0, 0.1) is 11.8 Å². The molecule has 2 N–H and O–H groups in total. The lowest BCUT2D eigenvalue weighted by Crippen LogP contribution is -2.40. The molecular formula is C14H22N2O4. The highest BCUT2D eigenvalue weighted by Crippen LogP contribution is 2.11. The zero-order chi connectivity index (χ0) is 15.1. The van der Waals surface area contributed by atoms with E-state index < -0.39 is 11.9 Å².